The molecule has 2 fully saturated rings. The maximum absolute atomic E-state index is 10.1. The zero-order chi connectivity index (χ0) is 27.5. The summed E-state index contributed by atoms with van der Waals surface area (Å²) in [5.41, 5.74) is 2.16. The van der Waals surface area contributed by atoms with Crippen molar-refractivity contribution in [3.05, 3.63) is 83.9 Å². The number of likely N-dealkylation sites (tertiary alicyclic amines) is 2. The van der Waals surface area contributed by atoms with Crippen LogP contribution in [-0.4, -0.2) is 46.2 Å². The normalized spacial score (nSPS) is 15.9. The molecule has 4 aromatic carbocycles. The summed E-state index contributed by atoms with van der Waals surface area (Å²) < 4.78 is 0. The van der Waals surface area contributed by atoms with Crippen molar-refractivity contribution >= 4 is 21.5 Å². The molecule has 0 aliphatic carbocycles. The molecular formula is C32H40Cl2Cu2N2O2+. The van der Waals surface area contributed by atoms with Crippen molar-refractivity contribution in [2.75, 3.05) is 26.2 Å². The second-order valence-corrected chi connectivity index (χ2v) is 12.1. The molecule has 0 bridgehead atoms. The predicted octanol–water partition coefficient (Wildman–Crippen LogP) is 6.52. The molecule has 0 aromatic heterocycles. The second kappa shape index (κ2) is 17.5. The van der Waals surface area contributed by atoms with Gasteiger partial charge in [-0.05, 0) is 85.5 Å². The van der Waals surface area contributed by atoms with Gasteiger partial charge in [0.15, 0.2) is 0 Å². The SMILES string of the molecule is Oc1ccc2ccccc2c1CN1CCCCC1.Oc1ccc2ccccc2c1CN1CCCCC1.[ClH+][Cu-][ClH+].[Cu]. The van der Waals surface area contributed by atoms with E-state index in [4.69, 9.17) is 0 Å². The second-order valence-electron chi connectivity index (χ2n) is 10.3. The Kier molecular flexibility index (Phi) is 14.4. The van der Waals surface area contributed by atoms with Gasteiger partial charge >= 0.3 is 33.3 Å². The van der Waals surface area contributed by atoms with Gasteiger partial charge in [0.1, 0.15) is 11.5 Å². The van der Waals surface area contributed by atoms with Crippen molar-refractivity contribution in [1.82, 2.24) is 9.80 Å². The van der Waals surface area contributed by atoms with Crippen LogP contribution in [0.15, 0.2) is 72.8 Å². The Balaban J connectivity index is 0.000000197. The number of hydrogen-bond donors (Lipinski definition) is 2. The molecule has 0 atom stereocenters. The molecule has 0 amide bonds. The fraction of sp³-hybridized carbons (Fsp3) is 0.375. The van der Waals surface area contributed by atoms with Crippen LogP contribution in [0.25, 0.3) is 21.5 Å². The number of phenolic OH excluding ortho intramolecular Hbond substituents is 2. The molecule has 4 aromatic rings. The number of phenols is 2. The monoisotopic (exact) mass is 680 g/mol. The van der Waals surface area contributed by atoms with Crippen molar-refractivity contribution < 1.29 is 60.6 Å². The van der Waals surface area contributed by atoms with Crippen molar-refractivity contribution in [2.24, 2.45) is 0 Å². The standard InChI is InChI=1S/2C16H19NO.2ClH.2Cu/c2*18-16-9-8-13-6-2-3-7-14(13)15(16)12-17-10-4-1-5-11-17;;;;/h2*2-3,6-9,18H,1,4-5,10-12H2;2*1H;;/q;;;;;+1. The topological polar surface area (TPSA) is 46.9 Å². The van der Waals surface area contributed by atoms with Crippen molar-refractivity contribution in [3.8, 4) is 11.5 Å². The largest absolute Gasteiger partial charge is 0 e. The van der Waals surface area contributed by atoms with Gasteiger partial charge in [0, 0.05) is 41.3 Å². The van der Waals surface area contributed by atoms with Gasteiger partial charge in [-0.3, -0.25) is 9.80 Å². The van der Waals surface area contributed by atoms with E-state index >= 15 is 0 Å². The van der Waals surface area contributed by atoms with Gasteiger partial charge in [0.25, 0.3) is 0 Å². The van der Waals surface area contributed by atoms with E-state index in [2.05, 4.69) is 54.3 Å². The van der Waals surface area contributed by atoms with E-state index in [0.717, 1.165) is 63.5 Å². The molecule has 40 heavy (non-hydrogen) atoms. The van der Waals surface area contributed by atoms with Crippen LogP contribution in [0.2, 0.25) is 0 Å². The van der Waals surface area contributed by atoms with Crippen LogP contribution in [0.1, 0.15) is 49.7 Å². The summed E-state index contributed by atoms with van der Waals surface area (Å²) in [6.45, 7) is 6.36. The van der Waals surface area contributed by atoms with Crippen molar-refractivity contribution in [1.29, 1.82) is 0 Å². The molecule has 2 aliphatic heterocycles. The molecule has 8 heteroatoms. The summed E-state index contributed by atoms with van der Waals surface area (Å²) in [5.74, 6) is 0.860. The van der Waals surface area contributed by atoms with Gasteiger partial charge in [-0.1, -0.05) is 73.5 Å². The minimum absolute atomic E-state index is 0. The number of nitrogens with zero attached hydrogens (tertiary/aromatic N) is 2. The number of rotatable bonds is 4. The Morgan fingerprint density at radius 3 is 1.27 bits per heavy atom. The smallest absolute Gasteiger partial charge is 0 e. The molecule has 1 radical (unpaired) electrons. The zero-order valence-electron chi connectivity index (χ0n) is 22.6. The quantitative estimate of drug-likeness (QED) is 0.241. The van der Waals surface area contributed by atoms with Crippen LogP contribution < -0.4 is 0 Å². The third-order valence-electron chi connectivity index (χ3n) is 7.69. The third kappa shape index (κ3) is 9.27. The average molecular weight is 683 g/mol. The molecule has 2 N–H and O–H groups in total. The summed E-state index contributed by atoms with van der Waals surface area (Å²) in [6.07, 6.45) is 7.82. The molecule has 0 unspecified atom stereocenters. The summed E-state index contributed by atoms with van der Waals surface area (Å²) >= 11 is 0.979. The first-order valence-electron chi connectivity index (χ1n) is 13.8. The summed E-state index contributed by atoms with van der Waals surface area (Å²) in [6, 6.07) is 24.2. The fourth-order valence-electron chi connectivity index (χ4n) is 5.66. The van der Waals surface area contributed by atoms with Gasteiger partial charge in [0.2, 0.25) is 0 Å². The Hall–Kier alpha value is -1.46. The first kappa shape index (κ1) is 33.0. The van der Waals surface area contributed by atoms with Crippen LogP contribution in [0, 0.1) is 20.2 Å². The molecule has 2 saturated heterocycles. The first-order chi connectivity index (χ1) is 19.1. The minimum atomic E-state index is 0. The summed E-state index contributed by atoms with van der Waals surface area (Å²) in [5, 5.41) is 25.0. The van der Waals surface area contributed by atoms with Gasteiger partial charge in [-0.15, -0.1) is 0 Å². The molecule has 0 spiro atoms. The Bertz CT molecular complexity index is 1230. The van der Waals surface area contributed by atoms with Gasteiger partial charge in [-0.25, -0.2) is 0 Å². The van der Waals surface area contributed by atoms with Crippen LogP contribution in [0.5, 0.6) is 11.5 Å². The molecule has 225 valence electrons. The third-order valence-corrected chi connectivity index (χ3v) is 7.69. The number of benzene rings is 4. The van der Waals surface area contributed by atoms with E-state index in [1.54, 1.807) is 0 Å². The first-order valence-corrected chi connectivity index (χ1v) is 16.6. The minimum Gasteiger partial charge on any atom is 0 e. The van der Waals surface area contributed by atoms with E-state index in [1.807, 2.05) is 48.5 Å². The maximum atomic E-state index is 10.1. The van der Waals surface area contributed by atoms with E-state index in [-0.39, 0.29) is 17.1 Å². The van der Waals surface area contributed by atoms with E-state index in [9.17, 15) is 10.2 Å². The van der Waals surface area contributed by atoms with Crippen LogP contribution in [-0.2, 0) is 43.3 Å². The van der Waals surface area contributed by atoms with E-state index in [1.165, 1.54) is 60.1 Å². The Morgan fingerprint density at radius 1 is 0.550 bits per heavy atom. The molecule has 0 saturated carbocycles. The van der Waals surface area contributed by atoms with Gasteiger partial charge in [-0.2, -0.15) is 0 Å². The van der Waals surface area contributed by atoms with E-state index in [0.29, 0.717) is 11.5 Å². The molecular weight excluding hydrogens is 642 g/mol. The number of halogens is 2. The maximum Gasteiger partial charge on any atom is 0 e. The van der Waals surface area contributed by atoms with Crippen molar-refractivity contribution in [3.63, 3.8) is 0 Å². The van der Waals surface area contributed by atoms with Crippen molar-refractivity contribution in [2.45, 2.75) is 51.6 Å². The van der Waals surface area contributed by atoms with Gasteiger partial charge < -0.3 is 10.2 Å². The Labute approximate surface area is 263 Å². The van der Waals surface area contributed by atoms with Gasteiger partial charge in [0.05, 0.1) is 0 Å². The number of aromatic hydroxyl groups is 2. The average Bonchev–Trinajstić information content (AvgIpc) is 2.98. The summed E-state index contributed by atoms with van der Waals surface area (Å²) in [7, 11) is 8.23. The number of piperidine rings is 2. The molecule has 4 nitrogen and oxygen atoms in total. The Morgan fingerprint density at radius 2 is 0.900 bits per heavy atom. The van der Waals surface area contributed by atoms with Crippen LogP contribution >= 0.6 is 0 Å². The molecule has 6 rings (SSSR count). The van der Waals surface area contributed by atoms with E-state index < -0.39 is 0 Å². The number of hydrogen-bond acceptors (Lipinski definition) is 4. The molecule has 2 aliphatic rings. The molecule has 2 heterocycles. The van der Waals surface area contributed by atoms with Crippen LogP contribution in [0.3, 0.4) is 0 Å². The predicted molar refractivity (Wildman–Crippen MR) is 152 cm³/mol. The zero-order valence-corrected chi connectivity index (χ0v) is 26.1. The van der Waals surface area contributed by atoms with Crippen LogP contribution in [0.4, 0.5) is 0 Å². The summed E-state index contributed by atoms with van der Waals surface area (Å²) in [4.78, 5) is 4.90. The fourth-order valence-corrected chi connectivity index (χ4v) is 5.66. The number of fused-ring (bicyclic) bond motifs is 2.